The number of hydrogen-bond acceptors (Lipinski definition) is 9. The number of pyridine rings is 1. The lowest BCUT2D eigenvalue weighted by molar-refractivity contribution is -0.207. The zero-order chi connectivity index (χ0) is 33.5. The minimum atomic E-state index is -4.15. The highest BCUT2D eigenvalue weighted by Gasteiger charge is 2.58. The molecule has 4 heterocycles. The molecule has 15 heteroatoms. The van der Waals surface area contributed by atoms with E-state index in [1.807, 2.05) is 30.3 Å². The van der Waals surface area contributed by atoms with Crippen LogP contribution in [0.25, 0.3) is 22.2 Å². The normalized spacial score (nSPS) is 15.0. The van der Waals surface area contributed by atoms with Gasteiger partial charge in [-0.15, -0.1) is 5.10 Å². The van der Waals surface area contributed by atoms with Crippen molar-refractivity contribution < 1.29 is 22.7 Å². The van der Waals surface area contributed by atoms with Crippen molar-refractivity contribution in [2.75, 3.05) is 36.0 Å². The molecule has 3 aromatic heterocycles. The van der Waals surface area contributed by atoms with E-state index in [4.69, 9.17) is 5.26 Å². The molecular weight excluding hydrogens is 628 g/mol. The van der Waals surface area contributed by atoms with Gasteiger partial charge in [0, 0.05) is 55.3 Å². The van der Waals surface area contributed by atoms with E-state index in [0.717, 1.165) is 83.6 Å². The maximum Gasteiger partial charge on any atom is 0.323 e. The molecule has 1 aliphatic heterocycles. The Morgan fingerprint density at radius 1 is 0.896 bits per heavy atom. The molecule has 48 heavy (non-hydrogen) atoms. The number of anilines is 2. The van der Waals surface area contributed by atoms with Crippen LogP contribution in [0.3, 0.4) is 0 Å². The molecule has 0 saturated carbocycles. The Kier molecular flexibility index (Phi) is 7.72. The summed E-state index contributed by atoms with van der Waals surface area (Å²) in [6.07, 6.45) is 2.25. The number of hydrogen-bond donors (Lipinski definition) is 2. The van der Waals surface area contributed by atoms with E-state index < -0.39 is 41.0 Å². The zero-order valence-electron chi connectivity index (χ0n) is 25.1. The van der Waals surface area contributed by atoms with Gasteiger partial charge in [-0.2, -0.15) is 14.0 Å². The molecule has 7 rings (SSSR count). The minimum Gasteiger partial charge on any atom is -0.377 e. The first-order valence-corrected chi connectivity index (χ1v) is 14.9. The number of piperazine rings is 1. The van der Waals surface area contributed by atoms with Gasteiger partial charge in [-0.1, -0.05) is 18.2 Å². The number of nitriles is 1. The van der Waals surface area contributed by atoms with Gasteiger partial charge in [-0.05, 0) is 64.5 Å². The second-order valence-electron chi connectivity index (χ2n) is 11.4. The lowest BCUT2D eigenvalue weighted by atomic mass is 9.84. The van der Waals surface area contributed by atoms with E-state index in [9.17, 15) is 13.9 Å². The molecule has 3 aromatic carbocycles. The fourth-order valence-electron chi connectivity index (χ4n) is 5.88. The number of aliphatic hydroxyl groups is 1. The SMILES string of the molecule is N#Cc1ccc2nc(N3CCN(c4ccc(-c5ccc(C(F)(F)[C@](O)(Cn6cnnn6)c6ccc(F)cc6F)nc5)cc4)CC3)[nH]c2c1. The largest absolute Gasteiger partial charge is 0.377 e. The van der Waals surface area contributed by atoms with Crippen LogP contribution in [0.1, 0.15) is 16.8 Å². The Morgan fingerprint density at radius 3 is 2.31 bits per heavy atom. The van der Waals surface area contributed by atoms with E-state index in [-0.39, 0.29) is 0 Å². The number of benzene rings is 3. The maximum atomic E-state index is 16.1. The summed E-state index contributed by atoms with van der Waals surface area (Å²) >= 11 is 0. The van der Waals surface area contributed by atoms with Gasteiger partial charge in [0.15, 0.2) is 5.60 Å². The van der Waals surface area contributed by atoms with Crippen LogP contribution in [0.4, 0.5) is 29.2 Å². The second kappa shape index (κ2) is 12.0. The minimum absolute atomic E-state index is 0.420. The summed E-state index contributed by atoms with van der Waals surface area (Å²) in [7, 11) is 0. The van der Waals surface area contributed by atoms with Crippen molar-refractivity contribution >= 4 is 22.7 Å². The Hall–Kier alpha value is -5.88. The third kappa shape index (κ3) is 5.56. The molecule has 1 saturated heterocycles. The van der Waals surface area contributed by atoms with Gasteiger partial charge in [-0.3, -0.25) is 4.98 Å². The second-order valence-corrected chi connectivity index (χ2v) is 11.4. The number of imidazole rings is 1. The maximum absolute atomic E-state index is 16.1. The van der Waals surface area contributed by atoms with Crippen molar-refractivity contribution in [1.29, 1.82) is 5.26 Å². The molecule has 0 spiro atoms. The lowest BCUT2D eigenvalue weighted by Gasteiger charge is -2.36. The molecule has 0 unspecified atom stereocenters. The van der Waals surface area contributed by atoms with Gasteiger partial charge in [0.05, 0.1) is 29.2 Å². The fourth-order valence-corrected chi connectivity index (χ4v) is 5.88. The summed E-state index contributed by atoms with van der Waals surface area (Å²) in [5.74, 6) is -5.73. The zero-order valence-corrected chi connectivity index (χ0v) is 25.1. The molecule has 0 bridgehead atoms. The molecule has 1 fully saturated rings. The number of H-pyrrole nitrogens is 1. The van der Waals surface area contributed by atoms with Crippen LogP contribution in [-0.4, -0.2) is 66.4 Å². The van der Waals surface area contributed by atoms with Crippen molar-refractivity contribution in [3.63, 3.8) is 0 Å². The molecule has 1 atom stereocenters. The van der Waals surface area contributed by atoms with Gasteiger partial charge in [-0.25, -0.2) is 18.4 Å². The molecule has 0 amide bonds. The van der Waals surface area contributed by atoms with Crippen LogP contribution in [0.15, 0.2) is 85.3 Å². The van der Waals surface area contributed by atoms with Crippen LogP contribution in [0, 0.1) is 23.0 Å². The molecule has 242 valence electrons. The average Bonchev–Trinajstić information content (AvgIpc) is 3.78. The number of aromatic amines is 1. The van der Waals surface area contributed by atoms with Crippen molar-refractivity contribution in [3.8, 4) is 17.2 Å². The first-order chi connectivity index (χ1) is 23.1. The Morgan fingerprint density at radius 2 is 1.65 bits per heavy atom. The molecule has 0 aliphatic carbocycles. The first-order valence-electron chi connectivity index (χ1n) is 14.9. The number of fused-ring (bicyclic) bond motifs is 1. The first kappa shape index (κ1) is 30.8. The molecule has 6 aromatic rings. The number of tetrazole rings is 1. The number of halogens is 4. The van der Waals surface area contributed by atoms with Crippen molar-refractivity contribution in [2.45, 2.75) is 18.1 Å². The Labute approximate surface area is 270 Å². The van der Waals surface area contributed by atoms with Gasteiger partial charge in [0.2, 0.25) is 5.95 Å². The Balaban J connectivity index is 1.06. The highest BCUT2D eigenvalue weighted by atomic mass is 19.3. The molecular formula is C33H26F4N10O. The van der Waals surface area contributed by atoms with E-state index >= 15 is 8.78 Å². The van der Waals surface area contributed by atoms with Crippen molar-refractivity contribution in [3.05, 3.63) is 114 Å². The monoisotopic (exact) mass is 654 g/mol. The third-order valence-corrected chi connectivity index (χ3v) is 8.51. The van der Waals surface area contributed by atoms with Crippen LogP contribution in [0.2, 0.25) is 0 Å². The van der Waals surface area contributed by atoms with E-state index in [0.29, 0.717) is 17.2 Å². The van der Waals surface area contributed by atoms with Crippen molar-refractivity contribution in [1.82, 2.24) is 35.2 Å². The number of rotatable bonds is 8. The molecule has 2 N–H and O–H groups in total. The number of nitrogens with zero attached hydrogens (tertiary/aromatic N) is 9. The van der Waals surface area contributed by atoms with E-state index in [2.05, 4.69) is 46.3 Å². The predicted molar refractivity (Wildman–Crippen MR) is 167 cm³/mol. The van der Waals surface area contributed by atoms with Crippen LogP contribution >= 0.6 is 0 Å². The number of alkyl halides is 2. The molecule has 0 radical (unpaired) electrons. The fraction of sp³-hybridized carbons (Fsp3) is 0.212. The predicted octanol–water partition coefficient (Wildman–Crippen LogP) is 4.77. The van der Waals surface area contributed by atoms with Crippen LogP contribution in [0.5, 0.6) is 0 Å². The van der Waals surface area contributed by atoms with Crippen LogP contribution in [-0.2, 0) is 18.1 Å². The summed E-state index contributed by atoms with van der Waals surface area (Å²) in [6, 6.07) is 19.6. The standard InChI is InChI=1S/C33H26F4N10O/c34-24-5-8-26(27(35)16-24)32(48,19-47-20-40-43-44-47)33(36,37)30-10-4-23(18-39-30)22-2-6-25(7-3-22)45-11-13-46(14-12-45)31-41-28-9-1-21(17-38)15-29(28)42-31/h1-10,15-16,18,20,48H,11-14,19H2,(H,41,42)/t32-/m0/s1. The number of aromatic nitrogens is 7. The average molecular weight is 655 g/mol. The van der Waals surface area contributed by atoms with Crippen molar-refractivity contribution in [2.24, 2.45) is 0 Å². The molecule has 1 aliphatic rings. The van der Waals surface area contributed by atoms with Crippen LogP contribution < -0.4 is 9.80 Å². The summed E-state index contributed by atoms with van der Waals surface area (Å²) < 4.78 is 61.4. The Bertz CT molecular complexity index is 2110. The van der Waals surface area contributed by atoms with Gasteiger partial charge in [0.1, 0.15) is 23.7 Å². The summed E-state index contributed by atoms with van der Waals surface area (Å²) in [6.45, 7) is 2.01. The van der Waals surface area contributed by atoms with Gasteiger partial charge < -0.3 is 19.9 Å². The molecule has 11 nitrogen and oxygen atoms in total. The van der Waals surface area contributed by atoms with Gasteiger partial charge >= 0.3 is 5.92 Å². The topological polar surface area (TPSA) is 136 Å². The number of nitrogens with one attached hydrogen (secondary N) is 1. The summed E-state index contributed by atoms with van der Waals surface area (Å²) in [5.41, 5.74) is -0.421. The summed E-state index contributed by atoms with van der Waals surface area (Å²) in [5, 5.41) is 30.9. The van der Waals surface area contributed by atoms with E-state index in [1.54, 1.807) is 12.1 Å². The quantitative estimate of drug-likeness (QED) is 0.223. The third-order valence-electron chi connectivity index (χ3n) is 8.51. The van der Waals surface area contributed by atoms with E-state index in [1.165, 1.54) is 12.3 Å². The highest BCUT2D eigenvalue weighted by Crippen LogP contribution is 2.47. The van der Waals surface area contributed by atoms with Gasteiger partial charge in [0.25, 0.3) is 0 Å². The highest BCUT2D eigenvalue weighted by molar-refractivity contribution is 5.79. The lowest BCUT2D eigenvalue weighted by Crippen LogP contribution is -2.48. The summed E-state index contributed by atoms with van der Waals surface area (Å²) in [4.78, 5) is 16.3. The smallest absolute Gasteiger partial charge is 0.323 e.